The molecule has 0 amide bonds. The lowest BCUT2D eigenvalue weighted by Gasteiger charge is -2.18. The Kier molecular flexibility index (Phi) is 4.87. The molecular weight excluding hydrogens is 342 g/mol. The molecule has 7 nitrogen and oxygen atoms in total. The Morgan fingerprint density at radius 2 is 2.04 bits per heavy atom. The van der Waals surface area contributed by atoms with Gasteiger partial charge in [-0.2, -0.15) is 5.10 Å². The van der Waals surface area contributed by atoms with Crippen LogP contribution in [0.25, 0.3) is 0 Å². The molecule has 2 aromatic heterocycles. The summed E-state index contributed by atoms with van der Waals surface area (Å²) in [7, 11) is 0. The van der Waals surface area contributed by atoms with Crippen LogP contribution in [0.1, 0.15) is 41.0 Å². The Morgan fingerprint density at radius 1 is 1.22 bits per heavy atom. The van der Waals surface area contributed by atoms with Crippen LogP contribution in [0.4, 0.5) is 0 Å². The maximum absolute atomic E-state index is 11.7. The fourth-order valence-electron chi connectivity index (χ4n) is 3.58. The highest BCUT2D eigenvalue weighted by Crippen LogP contribution is 2.23. The van der Waals surface area contributed by atoms with Crippen molar-refractivity contribution >= 4 is 0 Å². The number of aromatic amines is 1. The molecule has 0 fully saturated rings. The minimum absolute atomic E-state index is 0.120. The second-order valence-corrected chi connectivity index (χ2v) is 6.98. The number of aryl methyl sites for hydroxylation is 2. The number of fused-ring (bicyclic) bond motifs is 1. The third-order valence-electron chi connectivity index (χ3n) is 4.81. The zero-order valence-corrected chi connectivity index (χ0v) is 15.3. The number of rotatable bonds is 4. The van der Waals surface area contributed by atoms with E-state index in [4.69, 9.17) is 0 Å². The van der Waals surface area contributed by atoms with Crippen LogP contribution in [-0.2, 0) is 19.6 Å². The molecule has 0 spiro atoms. The summed E-state index contributed by atoms with van der Waals surface area (Å²) >= 11 is 0. The highest BCUT2D eigenvalue weighted by atomic mass is 16.3. The maximum Gasteiger partial charge on any atom is 0.251 e. The molecular formula is C20H23N5O2. The first-order valence-electron chi connectivity index (χ1n) is 9.17. The Labute approximate surface area is 157 Å². The predicted octanol–water partition coefficient (Wildman–Crippen LogP) is 1.76. The van der Waals surface area contributed by atoms with E-state index < -0.39 is 6.10 Å². The Morgan fingerprint density at radius 3 is 2.81 bits per heavy atom. The van der Waals surface area contributed by atoms with Gasteiger partial charge in [0, 0.05) is 32.2 Å². The van der Waals surface area contributed by atoms with E-state index in [0.29, 0.717) is 24.6 Å². The smallest absolute Gasteiger partial charge is 0.251 e. The molecule has 27 heavy (non-hydrogen) atoms. The largest absolute Gasteiger partial charge is 0.382 e. The number of hydrogen-bond donors (Lipinski definition) is 2. The Bertz CT molecular complexity index is 980. The molecule has 0 radical (unpaired) electrons. The molecule has 7 heteroatoms. The molecule has 1 aliphatic heterocycles. The standard InChI is InChI=1S/C20H23N5O2/c1-14-21-16(10-19(26)22-14)12-24-8-5-9-25-17(13-24)11-18(23-25)20(27)15-6-3-2-4-7-15/h2-4,6-7,10-11,20,27H,5,8-9,12-13H2,1H3,(H,21,22,26). The van der Waals surface area contributed by atoms with Crippen molar-refractivity contribution in [1.29, 1.82) is 0 Å². The minimum atomic E-state index is -0.726. The van der Waals surface area contributed by atoms with Gasteiger partial charge in [-0.25, -0.2) is 4.98 Å². The highest BCUT2D eigenvalue weighted by Gasteiger charge is 2.21. The van der Waals surface area contributed by atoms with Crippen LogP contribution in [0.2, 0.25) is 0 Å². The summed E-state index contributed by atoms with van der Waals surface area (Å²) in [4.78, 5) is 21.0. The zero-order valence-electron chi connectivity index (χ0n) is 15.3. The third kappa shape index (κ3) is 3.99. The van der Waals surface area contributed by atoms with Crippen molar-refractivity contribution in [2.24, 2.45) is 0 Å². The third-order valence-corrected chi connectivity index (χ3v) is 4.81. The van der Waals surface area contributed by atoms with Gasteiger partial charge in [-0.15, -0.1) is 0 Å². The summed E-state index contributed by atoms with van der Waals surface area (Å²) in [5.41, 5.74) is 3.23. The lowest BCUT2D eigenvalue weighted by atomic mass is 10.1. The van der Waals surface area contributed by atoms with E-state index in [1.54, 1.807) is 13.0 Å². The van der Waals surface area contributed by atoms with E-state index in [0.717, 1.165) is 36.5 Å². The SMILES string of the molecule is Cc1nc(CN2CCCn3nc(C(O)c4ccccc4)cc3C2)cc(=O)[nH]1. The van der Waals surface area contributed by atoms with Crippen LogP contribution >= 0.6 is 0 Å². The van der Waals surface area contributed by atoms with E-state index in [1.807, 2.05) is 41.1 Å². The average Bonchev–Trinajstić information content (AvgIpc) is 2.94. The molecule has 2 N–H and O–H groups in total. The summed E-state index contributed by atoms with van der Waals surface area (Å²) in [5.74, 6) is 0.630. The molecule has 0 aliphatic carbocycles. The van der Waals surface area contributed by atoms with E-state index >= 15 is 0 Å². The molecule has 1 atom stereocenters. The van der Waals surface area contributed by atoms with Gasteiger partial charge in [-0.3, -0.25) is 14.4 Å². The van der Waals surface area contributed by atoms with Crippen molar-refractivity contribution < 1.29 is 5.11 Å². The first-order chi connectivity index (χ1) is 13.1. The van der Waals surface area contributed by atoms with E-state index in [-0.39, 0.29) is 5.56 Å². The van der Waals surface area contributed by atoms with Gasteiger partial charge < -0.3 is 10.1 Å². The van der Waals surface area contributed by atoms with Crippen molar-refractivity contribution in [2.45, 2.75) is 39.1 Å². The van der Waals surface area contributed by atoms with Gasteiger partial charge in [0.1, 0.15) is 11.9 Å². The normalized spacial score (nSPS) is 15.9. The second-order valence-electron chi connectivity index (χ2n) is 6.98. The quantitative estimate of drug-likeness (QED) is 0.736. The average molecular weight is 365 g/mol. The molecule has 3 heterocycles. The fraction of sp³-hybridized carbons (Fsp3) is 0.350. The summed E-state index contributed by atoms with van der Waals surface area (Å²) in [6.07, 6.45) is 0.230. The van der Waals surface area contributed by atoms with E-state index in [2.05, 4.69) is 20.0 Å². The minimum Gasteiger partial charge on any atom is -0.382 e. The van der Waals surface area contributed by atoms with Gasteiger partial charge in [-0.05, 0) is 25.0 Å². The molecule has 1 aliphatic rings. The molecule has 4 rings (SSSR count). The van der Waals surface area contributed by atoms with E-state index in [9.17, 15) is 9.90 Å². The molecule has 0 bridgehead atoms. The highest BCUT2D eigenvalue weighted by molar-refractivity contribution is 5.26. The predicted molar refractivity (Wildman–Crippen MR) is 101 cm³/mol. The van der Waals surface area contributed by atoms with Crippen LogP contribution in [0, 0.1) is 6.92 Å². The lowest BCUT2D eigenvalue weighted by molar-refractivity contribution is 0.213. The van der Waals surface area contributed by atoms with Crippen LogP contribution in [0.5, 0.6) is 0 Å². The first kappa shape index (κ1) is 17.6. The van der Waals surface area contributed by atoms with Gasteiger partial charge in [0.05, 0.1) is 17.1 Å². The number of hydrogen-bond acceptors (Lipinski definition) is 5. The Balaban J connectivity index is 1.53. The Hall–Kier alpha value is -2.77. The number of nitrogens with zero attached hydrogens (tertiary/aromatic N) is 4. The van der Waals surface area contributed by atoms with Crippen molar-refractivity contribution in [3.8, 4) is 0 Å². The maximum atomic E-state index is 11.7. The number of aliphatic hydroxyl groups excluding tert-OH is 1. The second kappa shape index (κ2) is 7.46. The molecule has 1 aromatic carbocycles. The molecule has 0 saturated carbocycles. The summed E-state index contributed by atoms with van der Waals surface area (Å²) in [6, 6.07) is 13.1. The van der Waals surface area contributed by atoms with Crippen LogP contribution in [0.3, 0.4) is 0 Å². The number of nitrogens with one attached hydrogen (secondary N) is 1. The van der Waals surface area contributed by atoms with Crippen LogP contribution < -0.4 is 5.56 Å². The number of benzene rings is 1. The first-order valence-corrected chi connectivity index (χ1v) is 9.17. The lowest BCUT2D eigenvalue weighted by Crippen LogP contribution is -2.25. The number of aliphatic hydroxyl groups is 1. The van der Waals surface area contributed by atoms with Crippen molar-refractivity contribution in [3.63, 3.8) is 0 Å². The number of aromatic nitrogens is 4. The molecule has 140 valence electrons. The van der Waals surface area contributed by atoms with Crippen molar-refractivity contribution in [2.75, 3.05) is 6.54 Å². The van der Waals surface area contributed by atoms with Gasteiger partial charge in [0.25, 0.3) is 5.56 Å². The van der Waals surface area contributed by atoms with Crippen LogP contribution in [-0.4, -0.2) is 36.3 Å². The molecule has 0 saturated heterocycles. The number of H-pyrrole nitrogens is 1. The van der Waals surface area contributed by atoms with Gasteiger partial charge in [0.2, 0.25) is 0 Å². The molecule has 3 aromatic rings. The van der Waals surface area contributed by atoms with Gasteiger partial charge in [0.15, 0.2) is 0 Å². The van der Waals surface area contributed by atoms with Gasteiger partial charge in [-0.1, -0.05) is 30.3 Å². The summed E-state index contributed by atoms with van der Waals surface area (Å²) in [6.45, 7) is 4.84. The summed E-state index contributed by atoms with van der Waals surface area (Å²) < 4.78 is 1.98. The molecule has 1 unspecified atom stereocenters. The van der Waals surface area contributed by atoms with Crippen LogP contribution in [0.15, 0.2) is 47.3 Å². The monoisotopic (exact) mass is 365 g/mol. The fourth-order valence-corrected chi connectivity index (χ4v) is 3.58. The van der Waals surface area contributed by atoms with E-state index in [1.165, 1.54) is 0 Å². The van der Waals surface area contributed by atoms with Gasteiger partial charge >= 0.3 is 0 Å². The summed E-state index contributed by atoms with van der Waals surface area (Å²) in [5, 5.41) is 15.3. The topological polar surface area (TPSA) is 87.0 Å². The van der Waals surface area contributed by atoms with Crippen molar-refractivity contribution in [1.82, 2.24) is 24.6 Å². The zero-order chi connectivity index (χ0) is 18.8. The van der Waals surface area contributed by atoms with Crippen molar-refractivity contribution in [3.05, 3.63) is 81.3 Å².